The molecule has 6 heterocycles. The monoisotopic (exact) mass is 966 g/mol. The van der Waals surface area contributed by atoms with Gasteiger partial charge in [-0.2, -0.15) is 4.98 Å². The number of halogens is 1. The number of sulfonamides is 1. The number of anilines is 7. The number of ether oxygens (including phenoxy) is 1. The first kappa shape index (κ1) is 44.1. The number of hydrogen-bond acceptors (Lipinski definition) is 15. The topological polar surface area (TPSA) is 207 Å². The molecule has 0 aliphatic carbocycles. The van der Waals surface area contributed by atoms with Crippen LogP contribution < -0.4 is 35.2 Å². The first-order valence-corrected chi connectivity index (χ1v) is 24.5. The van der Waals surface area contributed by atoms with Gasteiger partial charge in [0.2, 0.25) is 27.8 Å². The Balaban J connectivity index is 0.805. The van der Waals surface area contributed by atoms with Gasteiger partial charge in [-0.1, -0.05) is 6.92 Å². The maximum absolute atomic E-state index is 13.2. The lowest BCUT2D eigenvalue weighted by atomic mass is 9.95. The number of imide groups is 1. The number of nitrogens with zero attached hydrogens (tertiary/aromatic N) is 8. The molecule has 3 fully saturated rings. The highest BCUT2D eigenvalue weighted by Crippen LogP contribution is 2.38. The first-order valence-electron chi connectivity index (χ1n) is 21.8. The van der Waals surface area contributed by atoms with E-state index in [1.807, 2.05) is 12.1 Å². The van der Waals surface area contributed by atoms with Crippen molar-refractivity contribution in [2.45, 2.75) is 51.6 Å². The summed E-state index contributed by atoms with van der Waals surface area (Å²) in [4.78, 5) is 64.4. The Morgan fingerprint density at radius 2 is 1.68 bits per heavy atom. The van der Waals surface area contributed by atoms with Crippen LogP contribution in [0.15, 0.2) is 65.5 Å². The third-order valence-electron chi connectivity index (χ3n) is 12.7. The second-order valence-corrected chi connectivity index (χ2v) is 19.5. The van der Waals surface area contributed by atoms with Crippen molar-refractivity contribution in [2.75, 3.05) is 84.3 Å². The molecule has 1 atom stereocenters. The van der Waals surface area contributed by atoms with Crippen LogP contribution in [0.3, 0.4) is 0 Å². The van der Waals surface area contributed by atoms with Gasteiger partial charge in [0.05, 0.1) is 40.4 Å². The molecule has 340 valence electrons. The Kier molecular flexibility index (Phi) is 12.5. The Morgan fingerprint density at radius 3 is 2.42 bits per heavy atom. The van der Waals surface area contributed by atoms with Gasteiger partial charge in [-0.25, -0.2) is 13.4 Å². The van der Waals surface area contributed by atoms with Gasteiger partial charge in [0, 0.05) is 100 Å². The molecule has 2 aromatic heterocycles. The molecule has 0 bridgehead atoms. The zero-order valence-electron chi connectivity index (χ0n) is 36.4. The number of benzene rings is 3. The molecule has 4 aliphatic heterocycles. The van der Waals surface area contributed by atoms with E-state index in [0.717, 1.165) is 93.8 Å². The van der Waals surface area contributed by atoms with Gasteiger partial charge in [-0.3, -0.25) is 39.3 Å². The minimum Gasteiger partial charge on any atom is -0.494 e. The molecule has 18 nitrogen and oxygen atoms in total. The van der Waals surface area contributed by atoms with Crippen molar-refractivity contribution >= 4 is 94.9 Å². The summed E-state index contributed by atoms with van der Waals surface area (Å²) in [5.41, 5.74) is 7.31. The number of piperidine rings is 2. The fourth-order valence-electron chi connectivity index (χ4n) is 9.32. The molecule has 0 spiro atoms. The molecule has 9 rings (SSSR count). The first-order chi connectivity index (χ1) is 31.3. The summed E-state index contributed by atoms with van der Waals surface area (Å²) < 4.78 is 33.8. The molecule has 3 aromatic carbocycles. The molecule has 4 aliphatic rings. The molecule has 4 N–H and O–H groups in total. The van der Waals surface area contributed by atoms with Crippen molar-refractivity contribution in [3.8, 4) is 5.75 Å². The van der Waals surface area contributed by atoms with Crippen LogP contribution in [-0.2, 0) is 32.6 Å². The molecule has 3 saturated heterocycles. The molecular formula is C45H51BrN12O6S. The van der Waals surface area contributed by atoms with Crippen molar-refractivity contribution < 1.29 is 27.5 Å². The average molecular weight is 968 g/mol. The molecular weight excluding hydrogens is 917 g/mol. The lowest BCUT2D eigenvalue weighted by molar-refractivity contribution is -0.136. The lowest BCUT2D eigenvalue weighted by Crippen LogP contribution is -2.52. The summed E-state index contributed by atoms with van der Waals surface area (Å²) >= 11 is 3.54. The van der Waals surface area contributed by atoms with Crippen LogP contribution in [-0.4, -0.2) is 121 Å². The number of carbonyl (C=O) groups excluding carboxylic acids is 3. The molecule has 20 heteroatoms. The van der Waals surface area contributed by atoms with Crippen LogP contribution in [0.2, 0.25) is 0 Å². The molecule has 5 aromatic rings. The number of amides is 3. The van der Waals surface area contributed by atoms with Crippen LogP contribution >= 0.6 is 15.9 Å². The SMILES string of the molecule is CCc1cc(Nc2ncc(Br)c(Nc3ccc4nccnc4c3NS(C)(=O)=O)n2)c(OC)cc1N1CCN(CC2CCN(c3ccc4c(c3)CN(C3CCC(=O)NC3=O)C4=O)CC2)CC1. The van der Waals surface area contributed by atoms with E-state index in [1.54, 1.807) is 36.5 Å². The molecule has 0 radical (unpaired) electrons. The highest BCUT2D eigenvalue weighted by Gasteiger charge is 2.39. The van der Waals surface area contributed by atoms with Gasteiger partial charge >= 0.3 is 0 Å². The lowest BCUT2D eigenvalue weighted by Gasteiger charge is -2.40. The number of rotatable bonds is 13. The largest absolute Gasteiger partial charge is 0.494 e. The number of piperazine rings is 1. The second-order valence-electron chi connectivity index (χ2n) is 16.9. The zero-order chi connectivity index (χ0) is 45.4. The van der Waals surface area contributed by atoms with Crippen LogP contribution in [0.25, 0.3) is 11.0 Å². The van der Waals surface area contributed by atoms with Crippen molar-refractivity contribution in [3.63, 3.8) is 0 Å². The van der Waals surface area contributed by atoms with Gasteiger partial charge in [-0.15, -0.1) is 0 Å². The Hall–Kier alpha value is -6.12. The van der Waals surface area contributed by atoms with E-state index < -0.39 is 22.0 Å². The predicted molar refractivity (Wildman–Crippen MR) is 253 cm³/mol. The Labute approximate surface area is 385 Å². The van der Waals surface area contributed by atoms with E-state index in [-0.39, 0.29) is 23.9 Å². The molecule has 1 unspecified atom stereocenters. The molecule has 3 amide bonds. The van der Waals surface area contributed by atoms with Crippen molar-refractivity contribution in [1.82, 2.24) is 35.1 Å². The van der Waals surface area contributed by atoms with E-state index in [4.69, 9.17) is 9.72 Å². The van der Waals surface area contributed by atoms with E-state index in [2.05, 4.69) is 91.4 Å². The highest BCUT2D eigenvalue weighted by atomic mass is 79.9. The van der Waals surface area contributed by atoms with Crippen molar-refractivity contribution in [3.05, 3.63) is 82.2 Å². The van der Waals surface area contributed by atoms with Crippen molar-refractivity contribution in [2.24, 2.45) is 5.92 Å². The number of hydrogen-bond donors (Lipinski definition) is 4. The third kappa shape index (κ3) is 9.51. The number of methoxy groups -OCH3 is 1. The number of aromatic nitrogens is 4. The van der Waals surface area contributed by atoms with Gasteiger partial charge in [0.15, 0.2) is 0 Å². The summed E-state index contributed by atoms with van der Waals surface area (Å²) in [5.74, 6) is 1.14. The van der Waals surface area contributed by atoms with E-state index in [9.17, 15) is 22.8 Å². The second kappa shape index (κ2) is 18.4. The predicted octanol–water partition coefficient (Wildman–Crippen LogP) is 5.41. The maximum Gasteiger partial charge on any atom is 0.255 e. The van der Waals surface area contributed by atoms with Crippen LogP contribution in [0.4, 0.5) is 40.2 Å². The fourth-order valence-corrected chi connectivity index (χ4v) is 10.2. The summed E-state index contributed by atoms with van der Waals surface area (Å²) in [6, 6.07) is 13.1. The number of carbonyl (C=O) groups is 3. The van der Waals surface area contributed by atoms with E-state index in [0.29, 0.717) is 68.8 Å². The van der Waals surface area contributed by atoms with E-state index >= 15 is 0 Å². The van der Waals surface area contributed by atoms with Crippen molar-refractivity contribution in [1.29, 1.82) is 0 Å². The summed E-state index contributed by atoms with van der Waals surface area (Å²) in [6.45, 7) is 9.19. The van der Waals surface area contributed by atoms with E-state index in [1.165, 1.54) is 6.20 Å². The summed E-state index contributed by atoms with van der Waals surface area (Å²) in [6.07, 6.45) is 9.33. The number of fused-ring (bicyclic) bond motifs is 2. The van der Waals surface area contributed by atoms with Gasteiger partial charge in [-0.05, 0) is 95.1 Å². The minimum atomic E-state index is -3.65. The minimum absolute atomic E-state index is 0.145. The summed E-state index contributed by atoms with van der Waals surface area (Å²) in [7, 11) is -2.00. The Morgan fingerprint density at radius 1 is 0.892 bits per heavy atom. The fraction of sp³-hybridized carbons (Fsp3) is 0.400. The zero-order valence-corrected chi connectivity index (χ0v) is 38.8. The standard InChI is InChI=1S/C45H51BrN12O6S/c1-4-28-22-35(51-45-49-24-32(46)42(53-45)50-34-8-7-33-40(48-14-13-47-33)41(34)54-65(3,62)63)38(64-2)23-37(28)57-19-17-55(18-20-57)25-27-11-15-56(16-12-27)30-5-6-31-29(21-30)26-58(44(31)61)36-9-10-39(59)52-43(36)60/h5-8,13-14,21-24,27,36,54H,4,9-12,15-20,25-26H2,1-3H3,(H,52,59,60)(H2,49,50,51,53). The van der Waals surface area contributed by atoms with Gasteiger partial charge in [0.25, 0.3) is 5.91 Å². The number of nitrogens with one attached hydrogen (secondary N) is 4. The third-order valence-corrected chi connectivity index (χ3v) is 13.8. The number of aryl methyl sites for hydroxylation is 1. The van der Waals surface area contributed by atoms with Crippen LogP contribution in [0.5, 0.6) is 5.75 Å². The Bertz CT molecular complexity index is 2780. The van der Waals surface area contributed by atoms with Crippen LogP contribution in [0, 0.1) is 5.92 Å². The highest BCUT2D eigenvalue weighted by molar-refractivity contribution is 9.10. The molecule has 65 heavy (non-hydrogen) atoms. The van der Waals surface area contributed by atoms with Gasteiger partial charge < -0.3 is 30.1 Å². The normalized spacial score (nSPS) is 18.5. The maximum atomic E-state index is 13.2. The van der Waals surface area contributed by atoms with Gasteiger partial charge in [0.1, 0.15) is 23.1 Å². The average Bonchev–Trinajstić information content (AvgIpc) is 3.62. The summed E-state index contributed by atoms with van der Waals surface area (Å²) in [5, 5.41) is 8.97. The molecule has 0 saturated carbocycles. The smallest absolute Gasteiger partial charge is 0.255 e. The quantitative estimate of drug-likeness (QED) is 0.109. The van der Waals surface area contributed by atoms with Crippen LogP contribution in [0.1, 0.15) is 54.1 Å².